The molecule has 2 aromatic carbocycles. The molecule has 1 fully saturated rings. The third-order valence-electron chi connectivity index (χ3n) is 4.83. The van der Waals surface area contributed by atoms with Crippen molar-refractivity contribution in [3.63, 3.8) is 0 Å². The van der Waals surface area contributed by atoms with Crippen LogP contribution in [-0.2, 0) is 10.0 Å². The van der Waals surface area contributed by atoms with Crippen LogP contribution in [0, 0.1) is 29.3 Å². The molecule has 1 aliphatic heterocycles. The molecule has 1 saturated heterocycles. The third-order valence-corrected chi connectivity index (χ3v) is 6.66. The van der Waals surface area contributed by atoms with Crippen LogP contribution < -0.4 is 5.32 Å². The highest BCUT2D eigenvalue weighted by atomic mass is 32.2. The summed E-state index contributed by atoms with van der Waals surface area (Å²) < 4.78 is 67.9. The summed E-state index contributed by atoms with van der Waals surface area (Å²) in [6, 6.07) is 5.67. The lowest BCUT2D eigenvalue weighted by molar-refractivity contribution is 0.102. The Hall–Kier alpha value is -2.39. The Morgan fingerprint density at radius 1 is 0.966 bits per heavy atom. The van der Waals surface area contributed by atoms with Crippen molar-refractivity contribution in [3.8, 4) is 0 Å². The molecule has 29 heavy (non-hydrogen) atoms. The SMILES string of the molecule is CC1CC(C)CN(S(=O)(=O)c2ccc(F)c(C(=O)Nc3ccc(F)c(F)c3)c2)C1. The van der Waals surface area contributed by atoms with E-state index >= 15 is 0 Å². The van der Waals surface area contributed by atoms with Crippen molar-refractivity contribution < 1.29 is 26.4 Å². The molecule has 0 radical (unpaired) electrons. The molecule has 9 heteroatoms. The fourth-order valence-corrected chi connectivity index (χ4v) is 5.27. The Kier molecular flexibility index (Phi) is 6.00. The number of rotatable bonds is 4. The van der Waals surface area contributed by atoms with E-state index in [9.17, 15) is 26.4 Å². The number of sulfonamides is 1. The Bertz CT molecular complexity index is 1030. The first-order valence-electron chi connectivity index (χ1n) is 9.14. The highest BCUT2D eigenvalue weighted by Crippen LogP contribution is 2.27. The Balaban J connectivity index is 1.89. The molecule has 1 heterocycles. The van der Waals surface area contributed by atoms with Crippen LogP contribution in [0.15, 0.2) is 41.3 Å². The summed E-state index contributed by atoms with van der Waals surface area (Å²) in [7, 11) is -3.91. The molecule has 0 aliphatic carbocycles. The average molecular weight is 426 g/mol. The summed E-state index contributed by atoms with van der Waals surface area (Å²) in [5.74, 6) is -3.79. The number of hydrogen-bond donors (Lipinski definition) is 1. The van der Waals surface area contributed by atoms with E-state index in [2.05, 4.69) is 5.32 Å². The van der Waals surface area contributed by atoms with Crippen molar-refractivity contribution in [3.05, 3.63) is 59.4 Å². The molecule has 5 nitrogen and oxygen atoms in total. The Labute approximate surface area is 167 Å². The molecule has 0 spiro atoms. The molecule has 0 aromatic heterocycles. The Morgan fingerprint density at radius 2 is 1.59 bits per heavy atom. The van der Waals surface area contributed by atoms with E-state index in [1.165, 1.54) is 4.31 Å². The highest BCUT2D eigenvalue weighted by Gasteiger charge is 2.32. The van der Waals surface area contributed by atoms with E-state index in [1.54, 1.807) is 0 Å². The lowest BCUT2D eigenvalue weighted by Gasteiger charge is -2.34. The number of halogens is 3. The molecule has 1 N–H and O–H groups in total. The van der Waals surface area contributed by atoms with Gasteiger partial charge < -0.3 is 5.32 Å². The maximum Gasteiger partial charge on any atom is 0.258 e. The lowest BCUT2D eigenvalue weighted by atomic mass is 9.94. The molecule has 0 saturated carbocycles. The van der Waals surface area contributed by atoms with E-state index in [0.29, 0.717) is 13.1 Å². The van der Waals surface area contributed by atoms with Crippen LogP contribution in [0.3, 0.4) is 0 Å². The number of benzene rings is 2. The molecule has 2 unspecified atom stereocenters. The van der Waals surface area contributed by atoms with Crippen LogP contribution in [0.25, 0.3) is 0 Å². The zero-order chi connectivity index (χ0) is 21.3. The fraction of sp³-hybridized carbons (Fsp3) is 0.350. The van der Waals surface area contributed by atoms with Crippen LogP contribution in [0.4, 0.5) is 18.9 Å². The minimum Gasteiger partial charge on any atom is -0.322 e. The van der Waals surface area contributed by atoms with Crippen molar-refractivity contribution in [1.82, 2.24) is 4.31 Å². The molecule has 2 aromatic rings. The van der Waals surface area contributed by atoms with Crippen molar-refractivity contribution in [1.29, 1.82) is 0 Å². The van der Waals surface area contributed by atoms with Gasteiger partial charge in [0.15, 0.2) is 11.6 Å². The number of nitrogens with one attached hydrogen (secondary N) is 1. The van der Waals surface area contributed by atoms with Gasteiger partial charge in [0, 0.05) is 24.8 Å². The second kappa shape index (κ2) is 8.16. The molecular weight excluding hydrogens is 405 g/mol. The second-order valence-corrected chi connectivity index (χ2v) is 9.43. The maximum atomic E-state index is 14.2. The van der Waals surface area contributed by atoms with Gasteiger partial charge in [-0.1, -0.05) is 13.8 Å². The van der Waals surface area contributed by atoms with Gasteiger partial charge >= 0.3 is 0 Å². The van der Waals surface area contributed by atoms with Crippen LogP contribution in [0.5, 0.6) is 0 Å². The highest BCUT2D eigenvalue weighted by molar-refractivity contribution is 7.89. The van der Waals surface area contributed by atoms with Crippen LogP contribution in [0.1, 0.15) is 30.6 Å². The van der Waals surface area contributed by atoms with Crippen molar-refractivity contribution >= 4 is 21.6 Å². The molecule has 2 atom stereocenters. The van der Waals surface area contributed by atoms with Gasteiger partial charge in [-0.2, -0.15) is 4.31 Å². The molecule has 156 valence electrons. The van der Waals surface area contributed by atoms with Gasteiger partial charge in [-0.25, -0.2) is 21.6 Å². The van der Waals surface area contributed by atoms with Gasteiger partial charge in [0.25, 0.3) is 5.91 Å². The van der Waals surface area contributed by atoms with Crippen LogP contribution >= 0.6 is 0 Å². The predicted octanol–water partition coefficient (Wildman–Crippen LogP) is 4.02. The van der Waals surface area contributed by atoms with Gasteiger partial charge in [-0.3, -0.25) is 4.79 Å². The van der Waals surface area contributed by atoms with E-state index in [4.69, 9.17) is 0 Å². The van der Waals surface area contributed by atoms with E-state index < -0.39 is 38.9 Å². The molecule has 0 bridgehead atoms. The van der Waals surface area contributed by atoms with Gasteiger partial charge in [0.05, 0.1) is 10.5 Å². The molecule has 3 rings (SSSR count). The molecular formula is C20H21F3N2O3S. The van der Waals surface area contributed by atoms with Crippen molar-refractivity contribution in [2.75, 3.05) is 18.4 Å². The maximum absolute atomic E-state index is 14.2. The predicted molar refractivity (Wildman–Crippen MR) is 102 cm³/mol. The Morgan fingerprint density at radius 3 is 2.21 bits per heavy atom. The third kappa shape index (κ3) is 4.62. The van der Waals surface area contributed by atoms with E-state index in [1.807, 2.05) is 13.8 Å². The second-order valence-electron chi connectivity index (χ2n) is 7.49. The quantitative estimate of drug-likeness (QED) is 0.803. The standard InChI is InChI=1S/C20H21F3N2O3S/c1-12-7-13(2)11-25(10-12)29(27,28)15-4-6-17(21)16(9-15)20(26)24-14-3-5-18(22)19(23)8-14/h3-6,8-9,12-13H,7,10-11H2,1-2H3,(H,24,26). The number of amides is 1. The summed E-state index contributed by atoms with van der Waals surface area (Å²) in [6.07, 6.45) is 0.914. The average Bonchev–Trinajstić information content (AvgIpc) is 2.64. The van der Waals surface area contributed by atoms with Crippen molar-refractivity contribution in [2.45, 2.75) is 25.2 Å². The number of carbonyl (C=O) groups is 1. The van der Waals surface area contributed by atoms with Crippen LogP contribution in [0.2, 0.25) is 0 Å². The molecule has 1 amide bonds. The largest absolute Gasteiger partial charge is 0.322 e. The lowest BCUT2D eigenvalue weighted by Crippen LogP contribution is -2.42. The zero-order valence-corrected chi connectivity index (χ0v) is 16.8. The van der Waals surface area contributed by atoms with Gasteiger partial charge in [-0.15, -0.1) is 0 Å². The first-order valence-corrected chi connectivity index (χ1v) is 10.6. The minimum absolute atomic E-state index is 0.0831. The smallest absolute Gasteiger partial charge is 0.258 e. The number of nitrogens with zero attached hydrogens (tertiary/aromatic N) is 1. The normalized spacial score (nSPS) is 20.4. The van der Waals surface area contributed by atoms with Gasteiger partial charge in [-0.05, 0) is 48.6 Å². The minimum atomic E-state index is -3.91. The van der Waals surface area contributed by atoms with E-state index in [-0.39, 0.29) is 22.4 Å². The fourth-order valence-electron chi connectivity index (χ4n) is 3.56. The summed E-state index contributed by atoms with van der Waals surface area (Å²) in [4.78, 5) is 12.2. The van der Waals surface area contributed by atoms with Gasteiger partial charge in [0.1, 0.15) is 5.82 Å². The molecule has 1 aliphatic rings. The summed E-state index contributed by atoms with van der Waals surface area (Å²) in [5.41, 5.74) is -0.589. The topological polar surface area (TPSA) is 66.5 Å². The van der Waals surface area contributed by atoms with Crippen molar-refractivity contribution in [2.24, 2.45) is 11.8 Å². The summed E-state index contributed by atoms with van der Waals surface area (Å²) in [5, 5.41) is 2.25. The van der Waals surface area contributed by atoms with E-state index in [0.717, 1.165) is 42.8 Å². The van der Waals surface area contributed by atoms with Crippen LogP contribution in [-0.4, -0.2) is 31.7 Å². The first-order chi connectivity index (χ1) is 13.6. The monoisotopic (exact) mass is 426 g/mol. The van der Waals surface area contributed by atoms with Gasteiger partial charge in [0.2, 0.25) is 10.0 Å². The number of hydrogen-bond acceptors (Lipinski definition) is 3. The summed E-state index contributed by atoms with van der Waals surface area (Å²) in [6.45, 7) is 4.62. The zero-order valence-electron chi connectivity index (χ0n) is 16.0. The number of anilines is 1. The first kappa shape index (κ1) is 21.3. The number of piperidine rings is 1. The summed E-state index contributed by atoms with van der Waals surface area (Å²) >= 11 is 0. The number of carbonyl (C=O) groups excluding carboxylic acids is 1.